The fourth-order valence-electron chi connectivity index (χ4n) is 2.85. The highest BCUT2D eigenvalue weighted by Crippen LogP contribution is 2.28. The highest BCUT2D eigenvalue weighted by atomic mass is 16.5. The molecule has 1 aromatic rings. The number of hydrogen-bond acceptors (Lipinski definition) is 2. The Kier molecular flexibility index (Phi) is 3.33. The standard InChI is InChI=1S/C15H19NO2/c17-15-9-8-12-5-1-2-7-14(12)16(15)11-13-6-3-4-10-18-13/h1-2,5,7,13H,3-4,6,8-11H2. The number of carbonyl (C=O) groups excluding carboxylic acids is 1. The van der Waals surface area contributed by atoms with E-state index < -0.39 is 0 Å². The summed E-state index contributed by atoms with van der Waals surface area (Å²) in [5, 5.41) is 0. The maximum Gasteiger partial charge on any atom is 0.227 e. The lowest BCUT2D eigenvalue weighted by Gasteiger charge is -2.33. The molecule has 18 heavy (non-hydrogen) atoms. The monoisotopic (exact) mass is 245 g/mol. The van der Waals surface area contributed by atoms with Gasteiger partial charge >= 0.3 is 0 Å². The summed E-state index contributed by atoms with van der Waals surface area (Å²) in [6.45, 7) is 1.56. The highest BCUT2D eigenvalue weighted by Gasteiger charge is 2.27. The fourth-order valence-corrected chi connectivity index (χ4v) is 2.85. The van der Waals surface area contributed by atoms with Gasteiger partial charge in [0.05, 0.1) is 12.6 Å². The Bertz CT molecular complexity index is 438. The van der Waals surface area contributed by atoms with E-state index in [2.05, 4.69) is 12.1 Å². The Hall–Kier alpha value is -1.35. The molecule has 0 aromatic heterocycles. The Morgan fingerprint density at radius 1 is 1.22 bits per heavy atom. The van der Waals surface area contributed by atoms with Crippen molar-refractivity contribution < 1.29 is 9.53 Å². The van der Waals surface area contributed by atoms with Crippen LogP contribution in [0.4, 0.5) is 5.69 Å². The largest absolute Gasteiger partial charge is 0.376 e. The number of para-hydroxylation sites is 1. The van der Waals surface area contributed by atoms with Crippen molar-refractivity contribution in [2.75, 3.05) is 18.1 Å². The molecule has 1 aromatic carbocycles. The van der Waals surface area contributed by atoms with Crippen molar-refractivity contribution in [2.24, 2.45) is 0 Å². The SMILES string of the molecule is O=C1CCc2ccccc2N1CC1CCCCO1. The summed E-state index contributed by atoms with van der Waals surface area (Å²) < 4.78 is 5.75. The lowest BCUT2D eigenvalue weighted by atomic mass is 10.00. The molecule has 96 valence electrons. The molecule has 1 fully saturated rings. The van der Waals surface area contributed by atoms with Crippen molar-refractivity contribution in [3.8, 4) is 0 Å². The molecule has 1 atom stereocenters. The van der Waals surface area contributed by atoms with Crippen molar-refractivity contribution in [2.45, 2.75) is 38.2 Å². The summed E-state index contributed by atoms with van der Waals surface area (Å²) in [7, 11) is 0. The third-order valence-electron chi connectivity index (χ3n) is 3.85. The Balaban J connectivity index is 1.79. The van der Waals surface area contributed by atoms with Crippen LogP contribution >= 0.6 is 0 Å². The van der Waals surface area contributed by atoms with Gasteiger partial charge in [0.25, 0.3) is 0 Å². The van der Waals surface area contributed by atoms with E-state index in [-0.39, 0.29) is 12.0 Å². The number of carbonyl (C=O) groups is 1. The van der Waals surface area contributed by atoms with E-state index in [1.807, 2.05) is 17.0 Å². The van der Waals surface area contributed by atoms with E-state index in [9.17, 15) is 4.79 Å². The molecule has 2 aliphatic rings. The van der Waals surface area contributed by atoms with E-state index in [0.717, 1.165) is 38.1 Å². The number of aryl methyl sites for hydroxylation is 1. The number of anilines is 1. The van der Waals surface area contributed by atoms with E-state index in [4.69, 9.17) is 4.74 Å². The lowest BCUT2D eigenvalue weighted by molar-refractivity contribution is -0.119. The summed E-state index contributed by atoms with van der Waals surface area (Å²) in [6, 6.07) is 8.22. The van der Waals surface area contributed by atoms with Crippen LogP contribution in [0.3, 0.4) is 0 Å². The number of nitrogens with zero attached hydrogens (tertiary/aromatic N) is 1. The second-order valence-electron chi connectivity index (χ2n) is 5.12. The first-order chi connectivity index (χ1) is 8.84. The summed E-state index contributed by atoms with van der Waals surface area (Å²) in [4.78, 5) is 14.0. The van der Waals surface area contributed by atoms with Crippen molar-refractivity contribution >= 4 is 11.6 Å². The van der Waals surface area contributed by atoms with Crippen LogP contribution in [0.1, 0.15) is 31.2 Å². The van der Waals surface area contributed by atoms with Crippen LogP contribution in [0.2, 0.25) is 0 Å². The predicted molar refractivity (Wildman–Crippen MR) is 70.7 cm³/mol. The Morgan fingerprint density at radius 2 is 2.11 bits per heavy atom. The molecular weight excluding hydrogens is 226 g/mol. The van der Waals surface area contributed by atoms with Crippen molar-refractivity contribution in [1.29, 1.82) is 0 Å². The first-order valence-corrected chi connectivity index (χ1v) is 6.84. The summed E-state index contributed by atoms with van der Waals surface area (Å²) in [5.41, 5.74) is 2.37. The molecule has 3 rings (SSSR count). The predicted octanol–water partition coefficient (Wildman–Crippen LogP) is 2.53. The number of ether oxygens (including phenoxy) is 1. The molecule has 0 spiro atoms. The van der Waals surface area contributed by atoms with Crippen LogP contribution in [0.15, 0.2) is 24.3 Å². The van der Waals surface area contributed by atoms with Crippen LogP contribution in [0.5, 0.6) is 0 Å². The van der Waals surface area contributed by atoms with E-state index in [0.29, 0.717) is 6.42 Å². The molecule has 0 saturated carbocycles. The van der Waals surface area contributed by atoms with E-state index in [1.54, 1.807) is 0 Å². The second kappa shape index (κ2) is 5.11. The van der Waals surface area contributed by atoms with Gasteiger partial charge in [-0.15, -0.1) is 0 Å². The number of rotatable bonds is 2. The number of amides is 1. The first kappa shape index (κ1) is 11.7. The van der Waals surface area contributed by atoms with E-state index >= 15 is 0 Å². The minimum absolute atomic E-state index is 0.217. The topological polar surface area (TPSA) is 29.5 Å². The molecule has 3 nitrogen and oxygen atoms in total. The first-order valence-electron chi connectivity index (χ1n) is 6.84. The number of fused-ring (bicyclic) bond motifs is 1. The van der Waals surface area contributed by atoms with Gasteiger partial charge in [0.2, 0.25) is 5.91 Å². The third kappa shape index (κ3) is 2.27. The third-order valence-corrected chi connectivity index (χ3v) is 3.85. The molecule has 0 radical (unpaired) electrons. The number of benzene rings is 1. The van der Waals surface area contributed by atoms with Gasteiger partial charge in [-0.1, -0.05) is 18.2 Å². The molecule has 0 bridgehead atoms. The summed E-state index contributed by atoms with van der Waals surface area (Å²) >= 11 is 0. The van der Waals surface area contributed by atoms with Gasteiger partial charge in [0, 0.05) is 18.7 Å². The summed E-state index contributed by atoms with van der Waals surface area (Å²) in [6.07, 6.45) is 5.16. The highest BCUT2D eigenvalue weighted by molar-refractivity contribution is 5.96. The average Bonchev–Trinajstić information content (AvgIpc) is 2.43. The molecule has 2 aliphatic heterocycles. The van der Waals surface area contributed by atoms with Crippen molar-refractivity contribution in [1.82, 2.24) is 0 Å². The maximum absolute atomic E-state index is 12.1. The minimum Gasteiger partial charge on any atom is -0.376 e. The molecule has 1 saturated heterocycles. The minimum atomic E-state index is 0.217. The van der Waals surface area contributed by atoms with Gasteiger partial charge in [-0.3, -0.25) is 4.79 Å². The van der Waals surface area contributed by atoms with Gasteiger partial charge in [-0.2, -0.15) is 0 Å². The van der Waals surface area contributed by atoms with Crippen molar-refractivity contribution in [3.05, 3.63) is 29.8 Å². The van der Waals surface area contributed by atoms with Crippen LogP contribution in [-0.2, 0) is 16.0 Å². The Morgan fingerprint density at radius 3 is 2.94 bits per heavy atom. The normalized spacial score (nSPS) is 23.9. The molecule has 0 N–H and O–H groups in total. The van der Waals surface area contributed by atoms with Crippen LogP contribution in [0.25, 0.3) is 0 Å². The molecule has 1 unspecified atom stereocenters. The van der Waals surface area contributed by atoms with Crippen LogP contribution in [-0.4, -0.2) is 25.2 Å². The van der Waals surface area contributed by atoms with Gasteiger partial charge in [0.1, 0.15) is 0 Å². The fraction of sp³-hybridized carbons (Fsp3) is 0.533. The quantitative estimate of drug-likeness (QED) is 0.801. The lowest BCUT2D eigenvalue weighted by Crippen LogP contribution is -2.42. The zero-order valence-electron chi connectivity index (χ0n) is 10.6. The molecule has 3 heteroatoms. The summed E-state index contributed by atoms with van der Waals surface area (Å²) in [5.74, 6) is 0.239. The molecule has 0 aliphatic carbocycles. The zero-order chi connectivity index (χ0) is 12.4. The smallest absolute Gasteiger partial charge is 0.227 e. The zero-order valence-corrected chi connectivity index (χ0v) is 10.6. The molecule has 2 heterocycles. The second-order valence-corrected chi connectivity index (χ2v) is 5.12. The maximum atomic E-state index is 12.1. The molecule has 1 amide bonds. The number of hydrogen-bond donors (Lipinski definition) is 0. The van der Waals surface area contributed by atoms with Crippen molar-refractivity contribution in [3.63, 3.8) is 0 Å². The van der Waals surface area contributed by atoms with Crippen LogP contribution in [0, 0.1) is 0 Å². The molecular formula is C15H19NO2. The Labute approximate surface area is 108 Å². The average molecular weight is 245 g/mol. The van der Waals surface area contributed by atoms with Gasteiger partial charge in [0.15, 0.2) is 0 Å². The van der Waals surface area contributed by atoms with Gasteiger partial charge in [-0.25, -0.2) is 0 Å². The van der Waals surface area contributed by atoms with Crippen LogP contribution < -0.4 is 4.90 Å². The van der Waals surface area contributed by atoms with Gasteiger partial charge in [-0.05, 0) is 37.3 Å². The van der Waals surface area contributed by atoms with Gasteiger partial charge < -0.3 is 9.64 Å². The van der Waals surface area contributed by atoms with E-state index in [1.165, 1.54) is 12.0 Å².